The van der Waals surface area contributed by atoms with Gasteiger partial charge in [0.05, 0.1) is 6.54 Å². The first kappa shape index (κ1) is 22.5. The first-order chi connectivity index (χ1) is 16.2. The fraction of sp³-hybridized carbons (Fsp3) is 0.269. The van der Waals surface area contributed by atoms with E-state index in [2.05, 4.69) is 15.2 Å². The number of pyridine rings is 1. The van der Waals surface area contributed by atoms with Crippen LogP contribution in [0.3, 0.4) is 0 Å². The zero-order valence-corrected chi connectivity index (χ0v) is 18.5. The molecule has 2 amide bonds. The zero-order valence-electron chi connectivity index (χ0n) is 18.5. The van der Waals surface area contributed by atoms with E-state index in [9.17, 15) is 9.59 Å². The molecule has 4 rings (SSSR count). The number of benzene rings is 2. The molecule has 33 heavy (non-hydrogen) atoms. The van der Waals surface area contributed by atoms with E-state index >= 15 is 0 Å². The summed E-state index contributed by atoms with van der Waals surface area (Å²) in [5.74, 6) is 0.726. The average molecular weight is 445 g/mol. The number of para-hydroxylation sites is 1. The molecule has 1 N–H and O–H groups in total. The summed E-state index contributed by atoms with van der Waals surface area (Å²) in [5, 5.41) is 3.02. The molecular formula is C26H28N4O3. The maximum absolute atomic E-state index is 12.5. The van der Waals surface area contributed by atoms with Crippen molar-refractivity contribution in [2.45, 2.75) is 13.2 Å². The summed E-state index contributed by atoms with van der Waals surface area (Å²) in [6, 6.07) is 23.0. The summed E-state index contributed by atoms with van der Waals surface area (Å²) in [6.45, 7) is 3.70. The van der Waals surface area contributed by atoms with Gasteiger partial charge in [-0.25, -0.2) is 0 Å². The normalized spacial score (nSPS) is 14.0. The lowest BCUT2D eigenvalue weighted by Crippen LogP contribution is -2.51. The van der Waals surface area contributed by atoms with Gasteiger partial charge in [0.2, 0.25) is 5.91 Å². The van der Waals surface area contributed by atoms with Gasteiger partial charge in [-0.05, 0) is 35.4 Å². The summed E-state index contributed by atoms with van der Waals surface area (Å²) in [4.78, 5) is 33.1. The lowest BCUT2D eigenvalue weighted by atomic mass is 10.1. The van der Waals surface area contributed by atoms with E-state index in [-0.39, 0.29) is 11.8 Å². The highest BCUT2D eigenvalue weighted by atomic mass is 16.5. The van der Waals surface area contributed by atoms with Crippen molar-refractivity contribution in [3.8, 4) is 5.75 Å². The average Bonchev–Trinajstić information content (AvgIpc) is 2.88. The molecule has 1 fully saturated rings. The van der Waals surface area contributed by atoms with E-state index in [1.54, 1.807) is 23.2 Å². The Labute approximate surface area is 194 Å². The molecule has 0 aliphatic carbocycles. The highest BCUT2D eigenvalue weighted by Gasteiger charge is 2.23. The highest BCUT2D eigenvalue weighted by molar-refractivity contribution is 5.92. The minimum absolute atomic E-state index is 0.0294. The predicted molar refractivity (Wildman–Crippen MR) is 126 cm³/mol. The van der Waals surface area contributed by atoms with Crippen LogP contribution in [-0.4, -0.2) is 59.3 Å². The Kier molecular flexibility index (Phi) is 7.66. The largest absolute Gasteiger partial charge is 0.489 e. The fourth-order valence-corrected chi connectivity index (χ4v) is 3.76. The van der Waals surface area contributed by atoms with Crippen LogP contribution in [0.15, 0.2) is 79.0 Å². The number of hydrogen-bond acceptors (Lipinski definition) is 5. The maximum Gasteiger partial charge on any atom is 0.272 e. The molecule has 1 saturated heterocycles. The van der Waals surface area contributed by atoms with Crippen molar-refractivity contribution in [2.24, 2.45) is 0 Å². The Morgan fingerprint density at radius 3 is 2.27 bits per heavy atom. The van der Waals surface area contributed by atoms with Crippen molar-refractivity contribution in [1.82, 2.24) is 20.1 Å². The molecule has 7 heteroatoms. The topological polar surface area (TPSA) is 74.8 Å². The Morgan fingerprint density at radius 2 is 1.55 bits per heavy atom. The molecule has 170 valence electrons. The molecule has 1 aromatic heterocycles. The molecule has 2 heterocycles. The molecule has 1 aliphatic heterocycles. The molecule has 0 bridgehead atoms. The minimum Gasteiger partial charge on any atom is -0.489 e. The van der Waals surface area contributed by atoms with Gasteiger partial charge in [0.25, 0.3) is 5.91 Å². The van der Waals surface area contributed by atoms with Gasteiger partial charge in [-0.3, -0.25) is 19.5 Å². The molecule has 0 saturated carbocycles. The number of amides is 2. The Balaban J connectivity index is 1.22. The summed E-state index contributed by atoms with van der Waals surface area (Å²) in [6.07, 6.45) is 1.62. The molecule has 3 aromatic rings. The number of ether oxygens (including phenoxy) is 1. The number of hydrogen-bond donors (Lipinski definition) is 1. The van der Waals surface area contributed by atoms with Crippen molar-refractivity contribution in [3.63, 3.8) is 0 Å². The second-order valence-electron chi connectivity index (χ2n) is 7.93. The van der Waals surface area contributed by atoms with E-state index in [1.807, 2.05) is 60.7 Å². The molecule has 0 atom stereocenters. The summed E-state index contributed by atoms with van der Waals surface area (Å²) >= 11 is 0. The van der Waals surface area contributed by atoms with Gasteiger partial charge in [-0.2, -0.15) is 0 Å². The van der Waals surface area contributed by atoms with Crippen LogP contribution in [0.2, 0.25) is 0 Å². The van der Waals surface area contributed by atoms with Crippen LogP contribution < -0.4 is 10.1 Å². The molecule has 7 nitrogen and oxygen atoms in total. The smallest absolute Gasteiger partial charge is 0.272 e. The highest BCUT2D eigenvalue weighted by Crippen LogP contribution is 2.15. The number of carbonyl (C=O) groups excluding carboxylic acids is 2. The lowest BCUT2D eigenvalue weighted by molar-refractivity contribution is -0.122. The van der Waals surface area contributed by atoms with Gasteiger partial charge < -0.3 is 15.0 Å². The summed E-state index contributed by atoms with van der Waals surface area (Å²) in [7, 11) is 0. The Hall–Kier alpha value is -3.71. The standard InChI is InChI=1S/C26H28N4O3/c31-25(19-29-14-16-30(17-15-29)26(32)24-12-6-7-13-27-24)28-18-21-8-4-5-9-22(21)20-33-23-10-2-1-3-11-23/h1-13H,14-20H2,(H,28,31). The molecule has 0 spiro atoms. The monoisotopic (exact) mass is 444 g/mol. The SMILES string of the molecule is O=C(CN1CCN(C(=O)c2ccccn2)CC1)NCc1ccccc1COc1ccccc1. The first-order valence-corrected chi connectivity index (χ1v) is 11.1. The number of nitrogens with one attached hydrogen (secondary N) is 1. The van der Waals surface area contributed by atoms with E-state index in [4.69, 9.17) is 4.74 Å². The molecule has 2 aromatic carbocycles. The van der Waals surface area contributed by atoms with Gasteiger partial charge >= 0.3 is 0 Å². The third-order valence-electron chi connectivity index (χ3n) is 5.64. The van der Waals surface area contributed by atoms with Crippen LogP contribution in [0, 0.1) is 0 Å². The number of carbonyl (C=O) groups is 2. The molecule has 1 aliphatic rings. The summed E-state index contributed by atoms with van der Waals surface area (Å²) < 4.78 is 5.86. The van der Waals surface area contributed by atoms with E-state index in [0.29, 0.717) is 51.6 Å². The van der Waals surface area contributed by atoms with E-state index in [0.717, 1.165) is 16.9 Å². The second kappa shape index (κ2) is 11.2. The van der Waals surface area contributed by atoms with Crippen molar-refractivity contribution in [1.29, 1.82) is 0 Å². The lowest BCUT2D eigenvalue weighted by Gasteiger charge is -2.34. The van der Waals surface area contributed by atoms with Crippen molar-refractivity contribution in [2.75, 3.05) is 32.7 Å². The van der Waals surface area contributed by atoms with Crippen LogP contribution >= 0.6 is 0 Å². The van der Waals surface area contributed by atoms with Crippen LogP contribution in [-0.2, 0) is 17.9 Å². The third-order valence-corrected chi connectivity index (χ3v) is 5.64. The van der Waals surface area contributed by atoms with Gasteiger partial charge in [0.1, 0.15) is 18.1 Å². The minimum atomic E-state index is -0.0611. The second-order valence-corrected chi connectivity index (χ2v) is 7.93. The predicted octanol–water partition coefficient (Wildman–Crippen LogP) is 2.73. The number of piperazine rings is 1. The molecular weight excluding hydrogens is 416 g/mol. The van der Waals surface area contributed by atoms with E-state index < -0.39 is 0 Å². The van der Waals surface area contributed by atoms with Crippen LogP contribution in [0.4, 0.5) is 0 Å². The van der Waals surface area contributed by atoms with Crippen molar-refractivity contribution >= 4 is 11.8 Å². The van der Waals surface area contributed by atoms with Gasteiger partial charge in [-0.1, -0.05) is 48.5 Å². The first-order valence-electron chi connectivity index (χ1n) is 11.1. The zero-order chi connectivity index (χ0) is 22.9. The van der Waals surface area contributed by atoms with Crippen molar-refractivity contribution in [3.05, 3.63) is 95.8 Å². The molecule has 0 unspecified atom stereocenters. The van der Waals surface area contributed by atoms with Crippen LogP contribution in [0.5, 0.6) is 5.75 Å². The van der Waals surface area contributed by atoms with Crippen LogP contribution in [0.1, 0.15) is 21.6 Å². The Bertz CT molecular complexity index is 1050. The maximum atomic E-state index is 12.5. The molecule has 0 radical (unpaired) electrons. The quantitative estimate of drug-likeness (QED) is 0.578. The number of aromatic nitrogens is 1. The van der Waals surface area contributed by atoms with Crippen molar-refractivity contribution < 1.29 is 14.3 Å². The third kappa shape index (κ3) is 6.40. The van der Waals surface area contributed by atoms with Crippen LogP contribution in [0.25, 0.3) is 0 Å². The van der Waals surface area contributed by atoms with Gasteiger partial charge in [0, 0.05) is 38.9 Å². The van der Waals surface area contributed by atoms with E-state index in [1.165, 1.54) is 0 Å². The summed E-state index contributed by atoms with van der Waals surface area (Å²) in [5.41, 5.74) is 2.54. The number of rotatable bonds is 8. The number of nitrogens with zero attached hydrogens (tertiary/aromatic N) is 3. The van der Waals surface area contributed by atoms with Gasteiger partial charge in [0.15, 0.2) is 0 Å². The van der Waals surface area contributed by atoms with Gasteiger partial charge in [-0.15, -0.1) is 0 Å². The Morgan fingerprint density at radius 1 is 0.848 bits per heavy atom. The fourth-order valence-electron chi connectivity index (χ4n) is 3.76.